The predicted octanol–water partition coefficient (Wildman–Crippen LogP) is 2.92. The van der Waals surface area contributed by atoms with Crippen LogP contribution in [0, 0.1) is 0 Å². The van der Waals surface area contributed by atoms with E-state index in [9.17, 15) is 4.79 Å². The summed E-state index contributed by atoms with van der Waals surface area (Å²) in [5, 5.41) is 2.91. The SMILES string of the molecule is C[C@H](NC(=O)c1ccc(Br)c(N)c1)c1cccnc1. The fraction of sp³-hybridized carbons (Fsp3) is 0.143. The van der Waals surface area contributed by atoms with Gasteiger partial charge in [0.25, 0.3) is 5.91 Å². The minimum Gasteiger partial charge on any atom is -0.398 e. The number of anilines is 1. The average molecular weight is 320 g/mol. The highest BCUT2D eigenvalue weighted by atomic mass is 79.9. The van der Waals surface area contributed by atoms with Crippen molar-refractivity contribution in [3.63, 3.8) is 0 Å². The van der Waals surface area contributed by atoms with Crippen LogP contribution < -0.4 is 11.1 Å². The molecule has 1 atom stereocenters. The van der Waals surface area contributed by atoms with E-state index in [1.807, 2.05) is 19.1 Å². The van der Waals surface area contributed by atoms with Crippen molar-refractivity contribution in [3.8, 4) is 0 Å². The van der Waals surface area contributed by atoms with E-state index in [1.165, 1.54) is 0 Å². The average Bonchev–Trinajstić information content (AvgIpc) is 2.42. The molecule has 0 aliphatic heterocycles. The fourth-order valence-electron chi connectivity index (χ4n) is 1.68. The molecule has 0 bridgehead atoms. The Balaban J connectivity index is 2.11. The second kappa shape index (κ2) is 5.84. The molecule has 0 radical (unpaired) electrons. The molecule has 1 heterocycles. The summed E-state index contributed by atoms with van der Waals surface area (Å²) >= 11 is 3.30. The van der Waals surface area contributed by atoms with E-state index in [1.54, 1.807) is 30.6 Å². The Kier molecular flexibility index (Phi) is 4.16. The molecule has 5 heteroatoms. The summed E-state index contributed by atoms with van der Waals surface area (Å²) in [5.74, 6) is -0.157. The zero-order valence-corrected chi connectivity index (χ0v) is 12.0. The number of carbonyl (C=O) groups is 1. The van der Waals surface area contributed by atoms with Crippen molar-refractivity contribution in [2.45, 2.75) is 13.0 Å². The fourth-order valence-corrected chi connectivity index (χ4v) is 1.93. The Hall–Kier alpha value is -1.88. The molecule has 0 aliphatic rings. The number of nitrogens with zero attached hydrogens (tertiary/aromatic N) is 1. The van der Waals surface area contributed by atoms with Gasteiger partial charge in [-0.15, -0.1) is 0 Å². The van der Waals surface area contributed by atoms with Gasteiger partial charge in [0.2, 0.25) is 0 Å². The molecule has 2 aromatic rings. The maximum Gasteiger partial charge on any atom is 0.251 e. The number of hydrogen-bond donors (Lipinski definition) is 2. The first-order chi connectivity index (χ1) is 9.08. The topological polar surface area (TPSA) is 68.0 Å². The van der Waals surface area contributed by atoms with Crippen molar-refractivity contribution in [1.29, 1.82) is 0 Å². The van der Waals surface area contributed by atoms with E-state index in [0.717, 1.165) is 10.0 Å². The van der Waals surface area contributed by atoms with E-state index in [2.05, 4.69) is 26.2 Å². The van der Waals surface area contributed by atoms with Gasteiger partial charge in [-0.3, -0.25) is 9.78 Å². The zero-order valence-electron chi connectivity index (χ0n) is 10.4. The molecule has 19 heavy (non-hydrogen) atoms. The van der Waals surface area contributed by atoms with Crippen LogP contribution in [-0.2, 0) is 0 Å². The molecule has 0 spiro atoms. The second-order valence-corrected chi connectivity index (χ2v) is 5.07. The van der Waals surface area contributed by atoms with Gasteiger partial charge in [0.15, 0.2) is 0 Å². The summed E-state index contributed by atoms with van der Waals surface area (Å²) in [5.41, 5.74) is 7.80. The van der Waals surface area contributed by atoms with E-state index in [0.29, 0.717) is 11.3 Å². The van der Waals surface area contributed by atoms with Crippen LogP contribution in [0.15, 0.2) is 47.2 Å². The van der Waals surface area contributed by atoms with Crippen molar-refractivity contribution in [2.75, 3.05) is 5.73 Å². The predicted molar refractivity (Wildman–Crippen MR) is 78.7 cm³/mol. The highest BCUT2D eigenvalue weighted by Crippen LogP contribution is 2.20. The Bertz CT molecular complexity index is 586. The number of nitrogens with two attached hydrogens (primary N) is 1. The summed E-state index contributed by atoms with van der Waals surface area (Å²) < 4.78 is 0.782. The van der Waals surface area contributed by atoms with Crippen LogP contribution in [-0.4, -0.2) is 10.9 Å². The summed E-state index contributed by atoms with van der Waals surface area (Å²) in [6, 6.07) is 8.80. The number of rotatable bonds is 3. The van der Waals surface area contributed by atoms with E-state index in [-0.39, 0.29) is 11.9 Å². The molecular formula is C14H14BrN3O. The minimum atomic E-state index is -0.157. The number of nitrogens with one attached hydrogen (secondary N) is 1. The minimum absolute atomic E-state index is 0.105. The van der Waals surface area contributed by atoms with Gasteiger partial charge in [0.1, 0.15) is 0 Å². The summed E-state index contributed by atoms with van der Waals surface area (Å²) in [4.78, 5) is 16.1. The lowest BCUT2D eigenvalue weighted by Gasteiger charge is -2.14. The number of carbonyl (C=O) groups excluding carboxylic acids is 1. The normalized spacial score (nSPS) is 11.9. The van der Waals surface area contributed by atoms with Gasteiger partial charge < -0.3 is 11.1 Å². The van der Waals surface area contributed by atoms with Gasteiger partial charge in [-0.25, -0.2) is 0 Å². The molecule has 3 N–H and O–H groups in total. The number of halogens is 1. The van der Waals surface area contributed by atoms with Crippen LogP contribution in [0.25, 0.3) is 0 Å². The third-order valence-electron chi connectivity index (χ3n) is 2.79. The van der Waals surface area contributed by atoms with Crippen LogP contribution in [0.2, 0.25) is 0 Å². The quantitative estimate of drug-likeness (QED) is 0.855. The number of aromatic nitrogens is 1. The lowest BCUT2D eigenvalue weighted by molar-refractivity contribution is 0.0940. The van der Waals surface area contributed by atoms with Crippen molar-refractivity contribution >= 4 is 27.5 Å². The molecule has 0 unspecified atom stereocenters. The maximum absolute atomic E-state index is 12.1. The second-order valence-electron chi connectivity index (χ2n) is 4.22. The number of amides is 1. The zero-order chi connectivity index (χ0) is 13.8. The van der Waals surface area contributed by atoms with E-state index < -0.39 is 0 Å². The van der Waals surface area contributed by atoms with Gasteiger partial charge in [-0.2, -0.15) is 0 Å². The van der Waals surface area contributed by atoms with Crippen molar-refractivity contribution in [2.24, 2.45) is 0 Å². The first-order valence-corrected chi connectivity index (χ1v) is 6.63. The van der Waals surface area contributed by atoms with Gasteiger partial charge in [-0.1, -0.05) is 6.07 Å². The highest BCUT2D eigenvalue weighted by molar-refractivity contribution is 9.10. The van der Waals surface area contributed by atoms with Gasteiger partial charge in [0.05, 0.1) is 6.04 Å². The molecule has 0 saturated heterocycles. The molecule has 0 aliphatic carbocycles. The molecule has 1 aromatic carbocycles. The standard InChI is InChI=1S/C14H14BrN3O/c1-9(11-3-2-6-17-8-11)18-14(19)10-4-5-12(15)13(16)7-10/h2-9H,16H2,1H3,(H,18,19)/t9-/m0/s1. The van der Waals surface area contributed by atoms with Crippen molar-refractivity contribution in [1.82, 2.24) is 10.3 Å². The smallest absolute Gasteiger partial charge is 0.251 e. The summed E-state index contributed by atoms with van der Waals surface area (Å²) in [6.45, 7) is 1.91. The molecule has 1 aromatic heterocycles. The Morgan fingerprint density at radius 2 is 2.21 bits per heavy atom. The third kappa shape index (κ3) is 3.32. The number of hydrogen-bond acceptors (Lipinski definition) is 3. The van der Waals surface area contributed by atoms with E-state index in [4.69, 9.17) is 5.73 Å². The first kappa shape index (κ1) is 13.5. The van der Waals surface area contributed by atoms with Gasteiger partial charge in [-0.05, 0) is 52.7 Å². The molecule has 1 amide bonds. The molecular weight excluding hydrogens is 306 g/mol. The van der Waals surface area contributed by atoms with Crippen LogP contribution in [0.4, 0.5) is 5.69 Å². The maximum atomic E-state index is 12.1. The molecule has 2 rings (SSSR count). The lowest BCUT2D eigenvalue weighted by Crippen LogP contribution is -2.26. The monoisotopic (exact) mass is 319 g/mol. The van der Waals surface area contributed by atoms with Crippen LogP contribution in [0.3, 0.4) is 0 Å². The Morgan fingerprint density at radius 3 is 2.84 bits per heavy atom. The highest BCUT2D eigenvalue weighted by Gasteiger charge is 2.12. The molecule has 0 saturated carbocycles. The largest absolute Gasteiger partial charge is 0.398 e. The van der Waals surface area contributed by atoms with Crippen molar-refractivity contribution in [3.05, 3.63) is 58.3 Å². The Morgan fingerprint density at radius 1 is 1.42 bits per heavy atom. The third-order valence-corrected chi connectivity index (χ3v) is 3.51. The van der Waals surface area contributed by atoms with Crippen molar-refractivity contribution < 1.29 is 4.79 Å². The number of pyridine rings is 1. The van der Waals surface area contributed by atoms with Crippen LogP contribution >= 0.6 is 15.9 Å². The first-order valence-electron chi connectivity index (χ1n) is 5.83. The van der Waals surface area contributed by atoms with Crippen LogP contribution in [0.5, 0.6) is 0 Å². The van der Waals surface area contributed by atoms with E-state index >= 15 is 0 Å². The molecule has 4 nitrogen and oxygen atoms in total. The summed E-state index contributed by atoms with van der Waals surface area (Å²) in [7, 11) is 0. The van der Waals surface area contributed by atoms with Crippen LogP contribution in [0.1, 0.15) is 28.9 Å². The van der Waals surface area contributed by atoms with Gasteiger partial charge in [0, 0.05) is 28.1 Å². The number of benzene rings is 1. The Labute approximate surface area is 120 Å². The molecule has 98 valence electrons. The number of nitrogen functional groups attached to an aromatic ring is 1. The van der Waals surface area contributed by atoms with Gasteiger partial charge >= 0.3 is 0 Å². The lowest BCUT2D eigenvalue weighted by atomic mass is 10.1. The summed E-state index contributed by atoms with van der Waals surface area (Å²) in [6.07, 6.45) is 3.44. The molecule has 0 fully saturated rings.